The van der Waals surface area contributed by atoms with Crippen molar-refractivity contribution in [3.05, 3.63) is 12.2 Å². The molecule has 2 fully saturated rings. The fraction of sp³-hybridized carbons (Fsp3) is 0.857. The summed E-state index contributed by atoms with van der Waals surface area (Å²) >= 11 is 0. The third kappa shape index (κ3) is 1.93. The maximum atomic E-state index is 6.09. The van der Waals surface area contributed by atoms with Gasteiger partial charge in [0.2, 0.25) is 0 Å². The lowest BCUT2D eigenvalue weighted by Gasteiger charge is -2.47. The molecule has 2 spiro atoms. The highest BCUT2D eigenvalue weighted by atomic mass is 16.7. The van der Waals surface area contributed by atoms with Crippen molar-refractivity contribution in [1.82, 2.24) is 0 Å². The molecule has 90 valence electrons. The zero-order valence-electron chi connectivity index (χ0n) is 10.0. The van der Waals surface area contributed by atoms with E-state index in [0.29, 0.717) is 5.41 Å². The Morgan fingerprint density at radius 3 is 2.38 bits per heavy atom. The summed E-state index contributed by atoms with van der Waals surface area (Å²) in [6, 6.07) is 0. The Labute approximate surface area is 98.0 Å². The summed E-state index contributed by atoms with van der Waals surface area (Å²) in [6.07, 6.45) is 14.7. The molecular formula is C14H22O2. The van der Waals surface area contributed by atoms with Crippen LogP contribution < -0.4 is 0 Å². The van der Waals surface area contributed by atoms with Crippen LogP contribution in [0.15, 0.2) is 12.2 Å². The molecule has 0 N–H and O–H groups in total. The van der Waals surface area contributed by atoms with Gasteiger partial charge in [-0.2, -0.15) is 0 Å². The summed E-state index contributed by atoms with van der Waals surface area (Å²) in [5.74, 6) is -0.346. The molecule has 0 aromatic heterocycles. The van der Waals surface area contributed by atoms with Crippen molar-refractivity contribution in [3.63, 3.8) is 0 Å². The Kier molecular flexibility index (Phi) is 2.80. The fourth-order valence-corrected chi connectivity index (χ4v) is 3.41. The Morgan fingerprint density at radius 2 is 1.75 bits per heavy atom. The zero-order chi connectivity index (χ0) is 10.9. The molecule has 16 heavy (non-hydrogen) atoms. The maximum absolute atomic E-state index is 6.09. The Balaban J connectivity index is 1.66. The normalized spacial score (nSPS) is 38.0. The minimum Gasteiger partial charge on any atom is -0.346 e. The molecule has 2 aliphatic heterocycles. The van der Waals surface area contributed by atoms with E-state index in [1.165, 1.54) is 38.5 Å². The van der Waals surface area contributed by atoms with Gasteiger partial charge < -0.3 is 9.47 Å². The number of ether oxygens (including phenoxy) is 2. The molecule has 3 rings (SSSR count). The second-order valence-corrected chi connectivity index (χ2v) is 5.70. The van der Waals surface area contributed by atoms with Gasteiger partial charge in [0.1, 0.15) is 0 Å². The molecule has 2 heteroatoms. The molecule has 0 unspecified atom stereocenters. The lowest BCUT2D eigenvalue weighted by atomic mass is 9.69. The highest BCUT2D eigenvalue weighted by Crippen LogP contribution is 2.47. The van der Waals surface area contributed by atoms with Crippen molar-refractivity contribution in [2.75, 3.05) is 13.2 Å². The Morgan fingerprint density at radius 1 is 0.875 bits per heavy atom. The summed E-state index contributed by atoms with van der Waals surface area (Å²) < 4.78 is 11.9. The van der Waals surface area contributed by atoms with Gasteiger partial charge >= 0.3 is 0 Å². The quantitative estimate of drug-likeness (QED) is 0.585. The number of rotatable bonds is 0. The minimum absolute atomic E-state index is 0.346. The van der Waals surface area contributed by atoms with Crippen LogP contribution in [0.4, 0.5) is 0 Å². The molecule has 0 bridgehead atoms. The highest BCUT2D eigenvalue weighted by molar-refractivity contribution is 5.03. The third-order valence-corrected chi connectivity index (χ3v) is 4.54. The molecule has 0 aromatic carbocycles. The van der Waals surface area contributed by atoms with Crippen LogP contribution in [0, 0.1) is 5.41 Å². The Hall–Kier alpha value is -0.340. The molecule has 1 aliphatic carbocycles. The monoisotopic (exact) mass is 222 g/mol. The SMILES string of the molecule is C1=C[C@@]2(CCC3(CCCCC3)CO2)OCC1. The summed E-state index contributed by atoms with van der Waals surface area (Å²) in [7, 11) is 0. The van der Waals surface area contributed by atoms with Gasteiger partial charge in [-0.1, -0.05) is 25.3 Å². The predicted octanol–water partition coefficient (Wildman–Crippen LogP) is 3.42. The fourth-order valence-electron chi connectivity index (χ4n) is 3.41. The van der Waals surface area contributed by atoms with Gasteiger partial charge in [0.25, 0.3) is 0 Å². The largest absolute Gasteiger partial charge is 0.346 e. The number of hydrogen-bond acceptors (Lipinski definition) is 2. The van der Waals surface area contributed by atoms with Crippen molar-refractivity contribution < 1.29 is 9.47 Å². The van der Waals surface area contributed by atoms with Crippen LogP contribution in [0.2, 0.25) is 0 Å². The van der Waals surface area contributed by atoms with Gasteiger partial charge in [0.05, 0.1) is 13.2 Å². The van der Waals surface area contributed by atoms with E-state index in [4.69, 9.17) is 9.47 Å². The van der Waals surface area contributed by atoms with E-state index < -0.39 is 0 Å². The van der Waals surface area contributed by atoms with E-state index in [2.05, 4.69) is 12.2 Å². The van der Waals surface area contributed by atoms with Gasteiger partial charge in [-0.05, 0) is 37.2 Å². The van der Waals surface area contributed by atoms with E-state index in [1.807, 2.05) is 0 Å². The lowest BCUT2D eigenvalue weighted by molar-refractivity contribution is -0.255. The van der Waals surface area contributed by atoms with Crippen molar-refractivity contribution in [1.29, 1.82) is 0 Å². The van der Waals surface area contributed by atoms with Crippen LogP contribution in [0.3, 0.4) is 0 Å². The second kappa shape index (κ2) is 4.15. The number of hydrogen-bond donors (Lipinski definition) is 0. The van der Waals surface area contributed by atoms with Crippen molar-refractivity contribution in [2.45, 2.75) is 57.2 Å². The topological polar surface area (TPSA) is 18.5 Å². The van der Waals surface area contributed by atoms with E-state index in [1.54, 1.807) is 0 Å². The molecule has 0 aromatic rings. The summed E-state index contributed by atoms with van der Waals surface area (Å²) in [5, 5.41) is 0. The maximum Gasteiger partial charge on any atom is 0.187 e. The summed E-state index contributed by atoms with van der Waals surface area (Å²) in [5.41, 5.74) is 0.498. The molecule has 3 aliphatic rings. The summed E-state index contributed by atoms with van der Waals surface area (Å²) in [6.45, 7) is 1.74. The zero-order valence-corrected chi connectivity index (χ0v) is 10.0. The van der Waals surface area contributed by atoms with Crippen LogP contribution in [0.1, 0.15) is 51.4 Å². The van der Waals surface area contributed by atoms with Crippen LogP contribution in [-0.4, -0.2) is 19.0 Å². The molecule has 0 radical (unpaired) electrons. The van der Waals surface area contributed by atoms with Crippen molar-refractivity contribution in [3.8, 4) is 0 Å². The van der Waals surface area contributed by atoms with Crippen molar-refractivity contribution >= 4 is 0 Å². The summed E-state index contributed by atoms with van der Waals surface area (Å²) in [4.78, 5) is 0. The Bertz CT molecular complexity index is 266. The average molecular weight is 222 g/mol. The van der Waals surface area contributed by atoms with E-state index in [0.717, 1.165) is 26.1 Å². The van der Waals surface area contributed by atoms with Crippen molar-refractivity contribution in [2.24, 2.45) is 5.41 Å². The van der Waals surface area contributed by atoms with Gasteiger partial charge in [-0.3, -0.25) is 0 Å². The molecule has 2 nitrogen and oxygen atoms in total. The molecule has 1 atom stereocenters. The van der Waals surface area contributed by atoms with Crippen LogP contribution >= 0.6 is 0 Å². The third-order valence-electron chi connectivity index (χ3n) is 4.54. The highest BCUT2D eigenvalue weighted by Gasteiger charge is 2.43. The molecule has 0 amide bonds. The molecule has 2 heterocycles. The molecular weight excluding hydrogens is 200 g/mol. The molecule has 1 saturated carbocycles. The first-order valence-corrected chi connectivity index (χ1v) is 6.78. The van der Waals surface area contributed by atoms with Gasteiger partial charge in [-0.15, -0.1) is 0 Å². The van der Waals surface area contributed by atoms with Crippen LogP contribution in [-0.2, 0) is 9.47 Å². The average Bonchev–Trinajstić information content (AvgIpc) is 2.36. The first-order valence-electron chi connectivity index (χ1n) is 6.78. The lowest BCUT2D eigenvalue weighted by Crippen LogP contribution is -2.47. The van der Waals surface area contributed by atoms with Crippen LogP contribution in [0.5, 0.6) is 0 Å². The smallest absolute Gasteiger partial charge is 0.187 e. The van der Waals surface area contributed by atoms with Gasteiger partial charge in [-0.25, -0.2) is 0 Å². The predicted molar refractivity (Wildman–Crippen MR) is 63.1 cm³/mol. The minimum atomic E-state index is -0.346. The standard InChI is InChI=1S/C14H22O2/c1-2-6-13(7-3-1)9-10-14(16-12-13)8-4-5-11-15-14/h4,8H,1-3,5-7,9-12H2/t14-/m1/s1. The van der Waals surface area contributed by atoms with E-state index in [-0.39, 0.29) is 5.79 Å². The van der Waals surface area contributed by atoms with Gasteiger partial charge in [0.15, 0.2) is 5.79 Å². The van der Waals surface area contributed by atoms with E-state index in [9.17, 15) is 0 Å². The van der Waals surface area contributed by atoms with E-state index >= 15 is 0 Å². The van der Waals surface area contributed by atoms with Gasteiger partial charge in [0, 0.05) is 6.42 Å². The molecule has 1 saturated heterocycles. The first kappa shape index (κ1) is 10.8. The van der Waals surface area contributed by atoms with Crippen LogP contribution in [0.25, 0.3) is 0 Å². The second-order valence-electron chi connectivity index (χ2n) is 5.70. The first-order chi connectivity index (χ1) is 7.83.